The topological polar surface area (TPSA) is 141 Å². The van der Waals surface area contributed by atoms with Crippen LogP contribution in [0.25, 0.3) is 10.8 Å². The van der Waals surface area contributed by atoms with Crippen LogP contribution in [0, 0.1) is 0 Å². The summed E-state index contributed by atoms with van der Waals surface area (Å²) in [4.78, 5) is 14.0. The molecule has 4 aromatic rings. The highest BCUT2D eigenvalue weighted by Crippen LogP contribution is 2.42. The Hall–Kier alpha value is -4.48. The minimum atomic E-state index is -4.78. The Balaban J connectivity index is 1.69. The lowest BCUT2D eigenvalue weighted by molar-refractivity contribution is 0.102. The molecule has 0 radical (unpaired) electrons. The van der Waals surface area contributed by atoms with E-state index in [9.17, 15) is 22.9 Å². The highest BCUT2D eigenvalue weighted by atomic mass is 32.2. The molecule has 3 N–H and O–H groups in total. The fraction of sp³-hybridized carbons (Fsp3) is 0.115. The number of phenols is 1. The number of nitrogens with one attached hydrogen (secondary N) is 1. The largest absolute Gasteiger partial charge is 0.505 e. The maximum absolute atomic E-state index is 12.7. The number of azo groups is 1. The summed E-state index contributed by atoms with van der Waals surface area (Å²) in [6, 6.07) is 19.2. The number of amides is 1. The molecule has 0 spiro atoms. The van der Waals surface area contributed by atoms with Crippen LogP contribution in [-0.4, -0.2) is 45.2 Å². The Bertz CT molecular complexity index is 1600. The smallest absolute Gasteiger partial charge is 0.296 e. The Morgan fingerprint density at radius 3 is 2.22 bits per heavy atom. The van der Waals surface area contributed by atoms with Gasteiger partial charge in [-0.2, -0.15) is 13.5 Å². The van der Waals surface area contributed by atoms with E-state index in [-0.39, 0.29) is 16.7 Å². The molecule has 10 nitrogen and oxygen atoms in total. The highest BCUT2D eigenvalue weighted by Gasteiger charge is 2.22. The van der Waals surface area contributed by atoms with Crippen molar-refractivity contribution in [1.82, 2.24) is 0 Å². The molecular weight excluding hydrogens is 496 g/mol. The molecule has 0 heterocycles. The second-order valence-electron chi connectivity index (χ2n) is 8.28. The van der Waals surface area contributed by atoms with Crippen molar-refractivity contribution in [1.29, 1.82) is 0 Å². The molecular formula is C26H24N4O6S. The van der Waals surface area contributed by atoms with Gasteiger partial charge in [-0.3, -0.25) is 9.35 Å². The quantitative estimate of drug-likeness (QED) is 0.215. The molecule has 0 saturated carbocycles. The first-order valence-electron chi connectivity index (χ1n) is 11.0. The van der Waals surface area contributed by atoms with Crippen LogP contribution in [-0.2, 0) is 10.1 Å². The van der Waals surface area contributed by atoms with Gasteiger partial charge in [0.1, 0.15) is 16.3 Å². The zero-order chi connectivity index (χ0) is 26.7. The van der Waals surface area contributed by atoms with E-state index in [4.69, 9.17) is 4.74 Å². The fourth-order valence-electron chi connectivity index (χ4n) is 3.59. The Morgan fingerprint density at radius 2 is 1.62 bits per heavy atom. The predicted molar refractivity (Wildman–Crippen MR) is 141 cm³/mol. The molecule has 0 fully saturated rings. The minimum absolute atomic E-state index is 0.254. The number of carbonyl (C=O) groups is 1. The lowest BCUT2D eigenvalue weighted by atomic mass is 10.1. The number of methoxy groups -OCH3 is 1. The summed E-state index contributed by atoms with van der Waals surface area (Å²) in [6.45, 7) is 0. The van der Waals surface area contributed by atoms with Gasteiger partial charge in [0.05, 0.1) is 12.8 Å². The summed E-state index contributed by atoms with van der Waals surface area (Å²) in [5.41, 5.74) is 1.70. The number of anilines is 2. The van der Waals surface area contributed by atoms with Crippen molar-refractivity contribution >= 4 is 49.5 Å². The van der Waals surface area contributed by atoms with Crippen LogP contribution in [0.4, 0.5) is 22.7 Å². The highest BCUT2D eigenvalue weighted by molar-refractivity contribution is 7.86. The molecule has 37 heavy (non-hydrogen) atoms. The summed E-state index contributed by atoms with van der Waals surface area (Å²) in [6.07, 6.45) is 0. The van der Waals surface area contributed by atoms with Crippen molar-refractivity contribution in [2.75, 3.05) is 31.4 Å². The molecule has 0 saturated heterocycles. The number of nitrogens with zero attached hydrogens (tertiary/aromatic N) is 3. The Labute approximate surface area is 213 Å². The number of hydrogen-bond acceptors (Lipinski definition) is 8. The van der Waals surface area contributed by atoms with Gasteiger partial charge in [0, 0.05) is 36.4 Å². The van der Waals surface area contributed by atoms with E-state index in [2.05, 4.69) is 15.5 Å². The van der Waals surface area contributed by atoms with E-state index in [1.807, 2.05) is 31.1 Å². The molecule has 4 rings (SSSR count). The zero-order valence-corrected chi connectivity index (χ0v) is 21.0. The molecule has 0 aliphatic rings. The SMILES string of the molecule is COc1ccc(/N=N/c2c(S(=O)(=O)O)cc3cc(NC(=O)c4ccc(N(C)C)cc4)ccc3c2O)cc1. The van der Waals surface area contributed by atoms with Crippen LogP contribution in [0.3, 0.4) is 0 Å². The van der Waals surface area contributed by atoms with Gasteiger partial charge in [-0.15, -0.1) is 5.11 Å². The van der Waals surface area contributed by atoms with Gasteiger partial charge >= 0.3 is 0 Å². The van der Waals surface area contributed by atoms with Gasteiger partial charge in [0.2, 0.25) is 0 Å². The molecule has 0 aliphatic heterocycles. The summed E-state index contributed by atoms with van der Waals surface area (Å²) in [5.74, 6) is -0.257. The van der Waals surface area contributed by atoms with Gasteiger partial charge in [0.15, 0.2) is 5.75 Å². The number of ether oxygens (including phenoxy) is 1. The maximum atomic E-state index is 12.7. The summed E-state index contributed by atoms with van der Waals surface area (Å²) in [7, 11) is 0.528. The van der Waals surface area contributed by atoms with Crippen molar-refractivity contribution in [3.05, 3.63) is 78.4 Å². The van der Waals surface area contributed by atoms with Crippen molar-refractivity contribution in [2.45, 2.75) is 4.90 Å². The number of fused-ring (bicyclic) bond motifs is 1. The number of hydrogen-bond donors (Lipinski definition) is 3. The first kappa shape index (κ1) is 25.6. The third kappa shape index (κ3) is 5.68. The summed E-state index contributed by atoms with van der Waals surface area (Å²) < 4.78 is 39.1. The van der Waals surface area contributed by atoms with Crippen LogP contribution < -0.4 is 15.0 Å². The minimum Gasteiger partial charge on any atom is -0.505 e. The van der Waals surface area contributed by atoms with Crippen LogP contribution in [0.1, 0.15) is 10.4 Å². The van der Waals surface area contributed by atoms with E-state index >= 15 is 0 Å². The second kappa shape index (κ2) is 10.2. The van der Waals surface area contributed by atoms with Gasteiger partial charge < -0.3 is 20.1 Å². The van der Waals surface area contributed by atoms with Gasteiger partial charge in [0.25, 0.3) is 16.0 Å². The first-order chi connectivity index (χ1) is 17.6. The van der Waals surface area contributed by atoms with E-state index in [1.165, 1.54) is 19.2 Å². The van der Waals surface area contributed by atoms with E-state index in [0.29, 0.717) is 22.7 Å². The van der Waals surface area contributed by atoms with Crippen molar-refractivity contribution < 1.29 is 27.6 Å². The monoisotopic (exact) mass is 520 g/mol. The first-order valence-corrected chi connectivity index (χ1v) is 12.4. The van der Waals surface area contributed by atoms with Crippen LogP contribution in [0.2, 0.25) is 0 Å². The molecule has 0 unspecified atom stereocenters. The number of carbonyl (C=O) groups excluding carboxylic acids is 1. The van der Waals surface area contributed by atoms with E-state index < -0.39 is 26.5 Å². The molecule has 190 valence electrons. The van der Waals surface area contributed by atoms with Crippen molar-refractivity contribution in [3.63, 3.8) is 0 Å². The number of phenolic OH excluding ortho intramolecular Hbond substituents is 1. The zero-order valence-electron chi connectivity index (χ0n) is 20.2. The van der Waals surface area contributed by atoms with Crippen LogP contribution in [0.5, 0.6) is 11.5 Å². The van der Waals surface area contributed by atoms with Crippen molar-refractivity contribution in [3.8, 4) is 11.5 Å². The van der Waals surface area contributed by atoms with E-state index in [1.54, 1.807) is 42.5 Å². The molecule has 0 aliphatic carbocycles. The van der Waals surface area contributed by atoms with Crippen molar-refractivity contribution in [2.24, 2.45) is 10.2 Å². The standard InChI is InChI=1S/C26H24N4O6S/c1-30(2)20-9-4-16(5-10-20)26(32)27-19-8-13-22-17(14-19)15-23(37(33,34)35)24(25(22)31)29-28-18-6-11-21(36-3)12-7-18/h4-15,31H,1-3H3,(H,27,32)(H,33,34,35)/b29-28+. The number of aromatic hydroxyl groups is 1. The van der Waals surface area contributed by atoms with Gasteiger partial charge in [-0.1, -0.05) is 0 Å². The van der Waals surface area contributed by atoms with Gasteiger partial charge in [-0.05, 0) is 78.2 Å². The van der Waals surface area contributed by atoms with E-state index in [0.717, 1.165) is 11.8 Å². The van der Waals surface area contributed by atoms with Crippen LogP contribution >= 0.6 is 0 Å². The summed E-state index contributed by atoms with van der Waals surface area (Å²) >= 11 is 0. The molecule has 0 bridgehead atoms. The lowest BCUT2D eigenvalue weighted by Gasteiger charge is -2.13. The predicted octanol–water partition coefficient (Wildman–Crippen LogP) is 5.53. The number of benzene rings is 4. The molecule has 11 heteroatoms. The number of rotatable bonds is 7. The average molecular weight is 521 g/mol. The normalized spacial score (nSPS) is 11.6. The van der Waals surface area contributed by atoms with Crippen LogP contribution in [0.15, 0.2) is 87.9 Å². The average Bonchev–Trinajstić information content (AvgIpc) is 2.87. The third-order valence-electron chi connectivity index (χ3n) is 5.57. The molecule has 0 atom stereocenters. The Morgan fingerprint density at radius 1 is 0.946 bits per heavy atom. The molecule has 1 amide bonds. The Kier molecular flexibility index (Phi) is 7.09. The summed E-state index contributed by atoms with van der Waals surface area (Å²) in [5, 5.41) is 22.0. The van der Waals surface area contributed by atoms with Gasteiger partial charge in [-0.25, -0.2) is 0 Å². The third-order valence-corrected chi connectivity index (χ3v) is 6.44. The second-order valence-corrected chi connectivity index (χ2v) is 9.67. The molecule has 0 aromatic heterocycles. The fourth-order valence-corrected chi connectivity index (χ4v) is 4.25. The lowest BCUT2D eigenvalue weighted by Crippen LogP contribution is -2.13. The molecule has 4 aromatic carbocycles. The maximum Gasteiger partial charge on any atom is 0.296 e.